The molecule has 0 aliphatic rings. The van der Waals surface area contributed by atoms with Crippen LogP contribution >= 0.6 is 0 Å². The van der Waals surface area contributed by atoms with E-state index < -0.39 is 0 Å². The number of nitrogens with zero attached hydrogens (tertiary/aromatic N) is 2. The lowest BCUT2D eigenvalue weighted by Gasteiger charge is -2.04. The Kier molecular flexibility index (Phi) is 7.12. The first-order valence-corrected chi connectivity index (χ1v) is 5.87. The van der Waals surface area contributed by atoms with Gasteiger partial charge in [0.25, 0.3) is 0 Å². The number of rotatable bonds is 3. The van der Waals surface area contributed by atoms with Crippen molar-refractivity contribution in [2.45, 2.75) is 27.7 Å². The zero-order valence-electron chi connectivity index (χ0n) is 11.4. The molecule has 0 atom stereocenters. The van der Waals surface area contributed by atoms with Crippen LogP contribution in [0.2, 0.25) is 0 Å². The summed E-state index contributed by atoms with van der Waals surface area (Å²) in [6.45, 7) is 11.2. The number of hydrogen-bond acceptors (Lipinski definition) is 4. The molecule has 0 fully saturated rings. The largest absolute Gasteiger partial charge is 0.508 e. The predicted octanol–water partition coefficient (Wildman–Crippen LogP) is 3.42. The van der Waals surface area contributed by atoms with Crippen molar-refractivity contribution >= 4 is 11.4 Å². The molecule has 3 N–H and O–H groups in total. The van der Waals surface area contributed by atoms with Gasteiger partial charge in [0.2, 0.25) is 0 Å². The second kappa shape index (κ2) is 8.06. The van der Waals surface area contributed by atoms with Crippen molar-refractivity contribution in [3.63, 3.8) is 0 Å². The molecule has 0 amide bonds. The van der Waals surface area contributed by atoms with Crippen LogP contribution in [-0.2, 0) is 0 Å². The Morgan fingerprint density at radius 3 is 2.50 bits per heavy atom. The van der Waals surface area contributed by atoms with Gasteiger partial charge in [0.1, 0.15) is 11.6 Å². The monoisotopic (exact) mass is 247 g/mol. The molecule has 0 spiro atoms. The SMILES string of the molecule is C=C/C(=C\C(O)=C/C)c1cnc(N)c(C)n1.CC. The summed E-state index contributed by atoms with van der Waals surface area (Å²) in [6.07, 6.45) is 6.33. The zero-order valence-corrected chi connectivity index (χ0v) is 11.4. The van der Waals surface area contributed by atoms with E-state index >= 15 is 0 Å². The van der Waals surface area contributed by atoms with Gasteiger partial charge in [-0.2, -0.15) is 0 Å². The molecule has 0 aliphatic carbocycles. The highest BCUT2D eigenvalue weighted by molar-refractivity contribution is 5.72. The lowest BCUT2D eigenvalue weighted by molar-refractivity contribution is 0.432. The molecule has 0 saturated carbocycles. The van der Waals surface area contributed by atoms with Crippen LogP contribution in [-0.4, -0.2) is 15.1 Å². The number of aryl methyl sites for hydroxylation is 1. The number of anilines is 1. The van der Waals surface area contributed by atoms with Crippen LogP contribution in [0.3, 0.4) is 0 Å². The molecule has 1 rings (SSSR count). The fourth-order valence-electron chi connectivity index (χ4n) is 1.11. The van der Waals surface area contributed by atoms with Crippen molar-refractivity contribution in [1.82, 2.24) is 9.97 Å². The van der Waals surface area contributed by atoms with Crippen LogP contribution in [0.25, 0.3) is 5.57 Å². The van der Waals surface area contributed by atoms with Crippen molar-refractivity contribution in [2.75, 3.05) is 5.73 Å². The maximum absolute atomic E-state index is 9.41. The van der Waals surface area contributed by atoms with E-state index in [1.165, 1.54) is 0 Å². The van der Waals surface area contributed by atoms with Gasteiger partial charge in [0.15, 0.2) is 0 Å². The smallest absolute Gasteiger partial charge is 0.144 e. The summed E-state index contributed by atoms with van der Waals surface area (Å²) in [6, 6.07) is 0. The quantitative estimate of drug-likeness (QED) is 0.634. The lowest BCUT2D eigenvalue weighted by atomic mass is 10.1. The van der Waals surface area contributed by atoms with Gasteiger partial charge in [-0.1, -0.05) is 26.5 Å². The van der Waals surface area contributed by atoms with Crippen molar-refractivity contribution in [3.8, 4) is 0 Å². The Morgan fingerprint density at radius 1 is 1.44 bits per heavy atom. The van der Waals surface area contributed by atoms with Crippen molar-refractivity contribution in [3.05, 3.63) is 48.2 Å². The van der Waals surface area contributed by atoms with E-state index in [2.05, 4.69) is 16.5 Å². The van der Waals surface area contributed by atoms with E-state index in [4.69, 9.17) is 5.73 Å². The van der Waals surface area contributed by atoms with Gasteiger partial charge < -0.3 is 10.8 Å². The number of aromatic nitrogens is 2. The van der Waals surface area contributed by atoms with Gasteiger partial charge in [-0.15, -0.1) is 0 Å². The van der Waals surface area contributed by atoms with E-state index in [0.717, 1.165) is 0 Å². The summed E-state index contributed by atoms with van der Waals surface area (Å²) in [7, 11) is 0. The molecule has 4 heteroatoms. The minimum absolute atomic E-state index is 0.158. The van der Waals surface area contributed by atoms with Crippen molar-refractivity contribution < 1.29 is 5.11 Å². The molecule has 0 radical (unpaired) electrons. The summed E-state index contributed by atoms with van der Waals surface area (Å²) in [5.74, 6) is 0.564. The van der Waals surface area contributed by atoms with Gasteiger partial charge in [0, 0.05) is 5.57 Å². The maximum atomic E-state index is 9.41. The Labute approximate surface area is 109 Å². The second-order valence-corrected chi connectivity index (χ2v) is 3.24. The molecule has 1 aromatic heterocycles. The molecule has 0 saturated heterocycles. The molecule has 0 bridgehead atoms. The van der Waals surface area contributed by atoms with Crippen LogP contribution in [0.1, 0.15) is 32.2 Å². The number of nitrogen functional groups attached to an aromatic ring is 1. The average molecular weight is 247 g/mol. The van der Waals surface area contributed by atoms with E-state index in [1.807, 2.05) is 13.8 Å². The first-order chi connectivity index (χ1) is 8.58. The normalized spacial score (nSPS) is 11.6. The molecule has 1 heterocycles. The van der Waals surface area contributed by atoms with Gasteiger partial charge in [-0.05, 0) is 26.0 Å². The molecule has 0 unspecified atom stereocenters. The number of aliphatic hydroxyl groups is 1. The maximum Gasteiger partial charge on any atom is 0.144 e. The van der Waals surface area contributed by atoms with Crippen LogP contribution < -0.4 is 5.73 Å². The van der Waals surface area contributed by atoms with Gasteiger partial charge in [-0.25, -0.2) is 9.97 Å². The summed E-state index contributed by atoms with van der Waals surface area (Å²) < 4.78 is 0. The first kappa shape index (κ1) is 15.9. The molecule has 0 aliphatic heterocycles. The Morgan fingerprint density at radius 2 is 2.06 bits per heavy atom. The van der Waals surface area contributed by atoms with E-state index in [0.29, 0.717) is 22.8 Å². The topological polar surface area (TPSA) is 72.0 Å². The van der Waals surface area contributed by atoms with Gasteiger partial charge in [0.05, 0.1) is 17.6 Å². The Balaban J connectivity index is 0.00000137. The summed E-state index contributed by atoms with van der Waals surface area (Å²) in [4.78, 5) is 8.27. The van der Waals surface area contributed by atoms with Crippen LogP contribution in [0, 0.1) is 6.92 Å². The minimum atomic E-state index is 0.158. The highest BCUT2D eigenvalue weighted by atomic mass is 16.3. The van der Waals surface area contributed by atoms with Crippen molar-refractivity contribution in [2.24, 2.45) is 0 Å². The molecule has 1 aromatic rings. The molecular formula is C14H21N3O. The number of allylic oxidation sites excluding steroid dienone is 4. The number of aliphatic hydroxyl groups excluding tert-OH is 1. The standard InChI is InChI=1S/C12H15N3O.C2H6/c1-4-9(6-10(16)5-2)11-7-14-12(13)8(3)15-11;1-2/h4-7,16H,1H2,2-3H3,(H2,13,14);1-2H3/b9-6+,10-5+;. The fraction of sp³-hybridized carbons (Fsp3) is 0.286. The highest BCUT2D eigenvalue weighted by Crippen LogP contribution is 2.16. The van der Waals surface area contributed by atoms with Gasteiger partial charge in [-0.3, -0.25) is 0 Å². The Bertz CT molecular complexity index is 462. The number of nitrogens with two attached hydrogens (primary N) is 1. The van der Waals surface area contributed by atoms with Crippen LogP contribution in [0.4, 0.5) is 5.82 Å². The van der Waals surface area contributed by atoms with Crippen molar-refractivity contribution in [1.29, 1.82) is 0 Å². The zero-order chi connectivity index (χ0) is 14.1. The lowest BCUT2D eigenvalue weighted by Crippen LogP contribution is -1.99. The summed E-state index contributed by atoms with van der Waals surface area (Å²) >= 11 is 0. The van der Waals surface area contributed by atoms with Crippen LogP contribution in [0.15, 0.2) is 36.8 Å². The third-order valence-corrected chi connectivity index (χ3v) is 2.10. The molecular weight excluding hydrogens is 226 g/mol. The Hall–Kier alpha value is -2.10. The summed E-state index contributed by atoms with van der Waals surface area (Å²) in [5.41, 5.74) is 7.57. The second-order valence-electron chi connectivity index (χ2n) is 3.24. The van der Waals surface area contributed by atoms with E-state index in [-0.39, 0.29) is 5.76 Å². The molecule has 18 heavy (non-hydrogen) atoms. The predicted molar refractivity (Wildman–Crippen MR) is 77.1 cm³/mol. The highest BCUT2D eigenvalue weighted by Gasteiger charge is 2.03. The molecule has 98 valence electrons. The minimum Gasteiger partial charge on any atom is -0.508 e. The van der Waals surface area contributed by atoms with Gasteiger partial charge >= 0.3 is 0 Å². The molecule has 4 nitrogen and oxygen atoms in total. The average Bonchev–Trinajstić information content (AvgIpc) is 2.41. The number of hydrogen-bond donors (Lipinski definition) is 2. The third-order valence-electron chi connectivity index (χ3n) is 2.10. The first-order valence-electron chi connectivity index (χ1n) is 5.87. The van der Waals surface area contributed by atoms with E-state index in [1.54, 1.807) is 38.3 Å². The third kappa shape index (κ3) is 4.41. The molecule has 0 aromatic carbocycles. The fourth-order valence-corrected chi connectivity index (χ4v) is 1.11. The summed E-state index contributed by atoms with van der Waals surface area (Å²) in [5, 5.41) is 9.41. The van der Waals surface area contributed by atoms with Crippen LogP contribution in [0.5, 0.6) is 0 Å². The van der Waals surface area contributed by atoms with E-state index in [9.17, 15) is 5.11 Å².